The fourth-order valence-electron chi connectivity index (χ4n) is 2.20. The number of hydrogen-bond donors (Lipinski definition) is 1. The zero-order valence-electron chi connectivity index (χ0n) is 13.3. The number of benzene rings is 2. The maximum Gasteiger partial charge on any atom is 0.224 e. The van der Waals surface area contributed by atoms with Gasteiger partial charge in [-0.05, 0) is 49.7 Å². The molecule has 0 spiro atoms. The van der Waals surface area contributed by atoms with Gasteiger partial charge in [-0.1, -0.05) is 28.1 Å². The minimum Gasteiger partial charge on any atom is -0.326 e. The Labute approximate surface area is 149 Å². The van der Waals surface area contributed by atoms with Crippen LogP contribution in [0.5, 0.6) is 0 Å². The minimum atomic E-state index is -0.144. The highest BCUT2D eigenvalue weighted by Crippen LogP contribution is 2.14. The zero-order valence-corrected chi connectivity index (χ0v) is 14.9. The molecule has 0 aliphatic carbocycles. The number of Topliss-reactive ketones (excluding diaryl/α,β-unsaturated/α-hetero) is 2. The first-order valence-corrected chi connectivity index (χ1v) is 8.44. The fourth-order valence-corrected chi connectivity index (χ4v) is 2.47. The summed E-state index contributed by atoms with van der Waals surface area (Å²) in [6.07, 6.45) is 1.10. The van der Waals surface area contributed by atoms with Crippen LogP contribution in [0.4, 0.5) is 5.69 Å². The number of hydrogen-bond acceptors (Lipinski definition) is 3. The van der Waals surface area contributed by atoms with Crippen molar-refractivity contribution in [1.82, 2.24) is 0 Å². The number of carbonyl (C=O) groups excluding carboxylic acids is 3. The molecular weight excluding hydrogens is 370 g/mol. The van der Waals surface area contributed by atoms with E-state index in [0.717, 1.165) is 4.47 Å². The molecule has 0 heterocycles. The highest BCUT2D eigenvalue weighted by molar-refractivity contribution is 9.10. The monoisotopic (exact) mass is 387 g/mol. The Hall–Kier alpha value is -2.27. The molecule has 0 aliphatic rings. The Morgan fingerprint density at radius 3 is 2.04 bits per heavy atom. The summed E-state index contributed by atoms with van der Waals surface area (Å²) < 4.78 is 0.925. The van der Waals surface area contributed by atoms with Gasteiger partial charge < -0.3 is 5.32 Å². The molecule has 1 N–H and O–H groups in total. The fraction of sp³-hybridized carbons (Fsp3) is 0.211. The van der Waals surface area contributed by atoms with Crippen LogP contribution in [-0.2, 0) is 4.79 Å². The summed E-state index contributed by atoms with van der Waals surface area (Å²) in [5, 5.41) is 2.76. The molecule has 5 heteroatoms. The van der Waals surface area contributed by atoms with Gasteiger partial charge in [-0.2, -0.15) is 0 Å². The van der Waals surface area contributed by atoms with Crippen molar-refractivity contribution < 1.29 is 14.4 Å². The Morgan fingerprint density at radius 1 is 0.875 bits per heavy atom. The number of amides is 1. The van der Waals surface area contributed by atoms with Crippen molar-refractivity contribution in [3.8, 4) is 0 Å². The average Bonchev–Trinajstić information content (AvgIpc) is 2.55. The second kappa shape index (κ2) is 8.55. The molecule has 0 aromatic heterocycles. The van der Waals surface area contributed by atoms with Crippen LogP contribution in [-0.4, -0.2) is 17.5 Å². The van der Waals surface area contributed by atoms with Gasteiger partial charge >= 0.3 is 0 Å². The van der Waals surface area contributed by atoms with Crippen LogP contribution < -0.4 is 5.32 Å². The van der Waals surface area contributed by atoms with Crippen molar-refractivity contribution in [3.63, 3.8) is 0 Å². The molecule has 0 saturated carbocycles. The lowest BCUT2D eigenvalue weighted by molar-refractivity contribution is -0.116. The third kappa shape index (κ3) is 5.42. The summed E-state index contributed by atoms with van der Waals surface area (Å²) >= 11 is 3.33. The summed E-state index contributed by atoms with van der Waals surface area (Å²) in [7, 11) is 0. The topological polar surface area (TPSA) is 63.2 Å². The smallest absolute Gasteiger partial charge is 0.224 e. The minimum absolute atomic E-state index is 0.0145. The van der Waals surface area contributed by atoms with Gasteiger partial charge in [0.25, 0.3) is 0 Å². The van der Waals surface area contributed by atoms with Gasteiger partial charge in [0.05, 0.1) is 0 Å². The highest BCUT2D eigenvalue weighted by atomic mass is 79.9. The highest BCUT2D eigenvalue weighted by Gasteiger charge is 2.08. The van der Waals surface area contributed by atoms with Crippen LogP contribution in [0, 0.1) is 0 Å². The van der Waals surface area contributed by atoms with Crippen LogP contribution in [0.3, 0.4) is 0 Å². The van der Waals surface area contributed by atoms with Crippen LogP contribution in [0.1, 0.15) is 46.9 Å². The van der Waals surface area contributed by atoms with Crippen molar-refractivity contribution in [2.75, 3.05) is 5.32 Å². The zero-order chi connectivity index (χ0) is 17.5. The lowest BCUT2D eigenvalue weighted by Crippen LogP contribution is -2.12. The largest absolute Gasteiger partial charge is 0.326 e. The molecule has 24 heavy (non-hydrogen) atoms. The number of rotatable bonds is 7. The average molecular weight is 388 g/mol. The summed E-state index contributed by atoms with van der Waals surface area (Å²) in [6.45, 7) is 1.50. The van der Waals surface area contributed by atoms with Crippen molar-refractivity contribution in [2.24, 2.45) is 0 Å². The summed E-state index contributed by atoms with van der Waals surface area (Å²) in [5.74, 6) is -0.130. The molecule has 2 rings (SSSR count). The number of carbonyl (C=O) groups is 3. The predicted molar refractivity (Wildman–Crippen MR) is 97.4 cm³/mol. The predicted octanol–water partition coefficient (Wildman–Crippen LogP) is 4.64. The Balaban J connectivity index is 1.77. The van der Waals surface area contributed by atoms with E-state index in [2.05, 4.69) is 21.2 Å². The Kier molecular flexibility index (Phi) is 6.44. The molecule has 0 fully saturated rings. The second-order valence-electron chi connectivity index (χ2n) is 5.47. The van der Waals surface area contributed by atoms with E-state index in [-0.39, 0.29) is 23.9 Å². The number of halogens is 1. The first-order valence-electron chi connectivity index (χ1n) is 7.65. The van der Waals surface area contributed by atoms with E-state index in [1.807, 2.05) is 12.1 Å². The number of anilines is 1. The molecule has 0 unspecified atom stereocenters. The molecule has 124 valence electrons. The van der Waals surface area contributed by atoms with Crippen molar-refractivity contribution in [3.05, 3.63) is 64.1 Å². The molecule has 2 aromatic rings. The van der Waals surface area contributed by atoms with Gasteiger partial charge in [0, 0.05) is 34.1 Å². The van der Waals surface area contributed by atoms with Gasteiger partial charge in [-0.3, -0.25) is 14.4 Å². The van der Waals surface area contributed by atoms with Gasteiger partial charge in [-0.25, -0.2) is 0 Å². The molecule has 2 aromatic carbocycles. The molecule has 4 nitrogen and oxygen atoms in total. The van der Waals surface area contributed by atoms with Crippen LogP contribution in [0.2, 0.25) is 0 Å². The van der Waals surface area contributed by atoms with E-state index in [0.29, 0.717) is 29.7 Å². The quantitative estimate of drug-likeness (QED) is 0.703. The second-order valence-corrected chi connectivity index (χ2v) is 6.38. The molecule has 0 aliphatic heterocycles. The summed E-state index contributed by atoms with van der Waals surface area (Å²) in [6, 6.07) is 13.9. The Morgan fingerprint density at radius 2 is 1.46 bits per heavy atom. The van der Waals surface area contributed by atoms with Gasteiger partial charge in [-0.15, -0.1) is 0 Å². The van der Waals surface area contributed by atoms with Gasteiger partial charge in [0.2, 0.25) is 5.91 Å². The van der Waals surface area contributed by atoms with E-state index < -0.39 is 0 Å². The van der Waals surface area contributed by atoms with Crippen LogP contribution in [0.25, 0.3) is 0 Å². The molecular formula is C19H18BrNO3. The van der Waals surface area contributed by atoms with Crippen LogP contribution in [0.15, 0.2) is 53.0 Å². The first kappa shape index (κ1) is 18.1. The molecule has 0 radical (unpaired) electrons. The van der Waals surface area contributed by atoms with Crippen LogP contribution >= 0.6 is 15.9 Å². The van der Waals surface area contributed by atoms with E-state index in [1.165, 1.54) is 6.92 Å². The maximum atomic E-state index is 12.0. The number of ketones is 2. The third-order valence-electron chi connectivity index (χ3n) is 3.55. The SMILES string of the molecule is CC(=O)c1ccc(NC(=O)CCCC(=O)c2ccc(Br)cc2)cc1. The molecule has 0 bridgehead atoms. The van der Waals surface area contributed by atoms with Crippen molar-refractivity contribution in [1.29, 1.82) is 0 Å². The summed E-state index contributed by atoms with van der Waals surface area (Å²) in [5.41, 5.74) is 1.90. The molecule has 0 saturated heterocycles. The Bertz CT molecular complexity index is 736. The first-order chi connectivity index (χ1) is 11.5. The van der Waals surface area contributed by atoms with E-state index in [1.54, 1.807) is 36.4 Å². The van der Waals surface area contributed by atoms with E-state index in [4.69, 9.17) is 0 Å². The van der Waals surface area contributed by atoms with Crippen molar-refractivity contribution in [2.45, 2.75) is 26.2 Å². The third-order valence-corrected chi connectivity index (χ3v) is 4.08. The van der Waals surface area contributed by atoms with E-state index >= 15 is 0 Å². The summed E-state index contributed by atoms with van der Waals surface area (Å²) in [4.78, 5) is 35.1. The van der Waals surface area contributed by atoms with Crippen molar-refractivity contribution >= 4 is 39.1 Å². The number of nitrogens with one attached hydrogen (secondary N) is 1. The standard InChI is InChI=1S/C19H18BrNO3/c1-13(22)14-7-11-17(12-8-14)21-19(24)4-2-3-18(23)15-5-9-16(20)10-6-15/h5-12H,2-4H2,1H3,(H,21,24). The lowest BCUT2D eigenvalue weighted by atomic mass is 10.1. The van der Waals surface area contributed by atoms with Gasteiger partial charge in [0.15, 0.2) is 11.6 Å². The van der Waals surface area contributed by atoms with E-state index in [9.17, 15) is 14.4 Å². The molecule has 0 atom stereocenters. The molecule has 1 amide bonds. The maximum absolute atomic E-state index is 12.0. The lowest BCUT2D eigenvalue weighted by Gasteiger charge is -2.06. The normalized spacial score (nSPS) is 10.2. The van der Waals surface area contributed by atoms with Gasteiger partial charge in [0.1, 0.15) is 0 Å².